The molecule has 10 nitrogen and oxygen atoms in total. The number of halogens is 4. The van der Waals surface area contributed by atoms with Crippen molar-refractivity contribution in [2.24, 2.45) is 5.73 Å². The number of rotatable bonds is 17. The van der Waals surface area contributed by atoms with Gasteiger partial charge in [-0.05, 0) is 93.4 Å². The van der Waals surface area contributed by atoms with Crippen molar-refractivity contribution >= 4 is 57.8 Å². The van der Waals surface area contributed by atoms with Gasteiger partial charge in [0.25, 0.3) is 11.8 Å². The number of benzene rings is 3. The van der Waals surface area contributed by atoms with E-state index in [1.54, 1.807) is 11.3 Å². The summed E-state index contributed by atoms with van der Waals surface area (Å²) in [4.78, 5) is 46.4. The van der Waals surface area contributed by atoms with Crippen LogP contribution in [0.1, 0.15) is 104 Å². The van der Waals surface area contributed by atoms with E-state index < -0.39 is 40.5 Å². The molecule has 0 spiro atoms. The van der Waals surface area contributed by atoms with Gasteiger partial charge in [0, 0.05) is 31.2 Å². The third-order valence-electron chi connectivity index (χ3n) is 10.0. The van der Waals surface area contributed by atoms with Gasteiger partial charge in [-0.15, -0.1) is 11.3 Å². The number of nitrogens with two attached hydrogens (primary N) is 1. The number of nitrogens with one attached hydrogen (secondary N) is 2. The second-order valence-electron chi connectivity index (χ2n) is 14.6. The highest BCUT2D eigenvalue weighted by Crippen LogP contribution is 2.40. The van der Waals surface area contributed by atoms with E-state index in [9.17, 15) is 27.6 Å². The highest BCUT2D eigenvalue weighted by Gasteiger charge is 2.51. The molecule has 1 aliphatic heterocycles. The quantitative estimate of drug-likeness (QED) is 0.0545. The van der Waals surface area contributed by atoms with Crippen LogP contribution >= 0.6 is 23.6 Å². The van der Waals surface area contributed by atoms with Gasteiger partial charge in [-0.1, -0.05) is 56.4 Å². The van der Waals surface area contributed by atoms with Crippen molar-refractivity contribution in [1.82, 2.24) is 15.6 Å². The first kappa shape index (κ1) is 43.9. The van der Waals surface area contributed by atoms with Crippen molar-refractivity contribution in [3.05, 3.63) is 99.9 Å². The summed E-state index contributed by atoms with van der Waals surface area (Å²) >= 11 is 7.11. The zero-order chi connectivity index (χ0) is 42.2. The van der Waals surface area contributed by atoms with Crippen molar-refractivity contribution in [3.8, 4) is 16.5 Å². The van der Waals surface area contributed by atoms with Gasteiger partial charge >= 0.3 is 6.18 Å². The second kappa shape index (κ2) is 19.0. The number of alkyl halides is 3. The highest BCUT2D eigenvalue weighted by molar-refractivity contribution is 7.81. The van der Waals surface area contributed by atoms with E-state index in [4.69, 9.17) is 23.2 Å². The maximum absolute atomic E-state index is 15.3. The number of thiocarbonyl (C=S) groups is 1. The first-order chi connectivity index (χ1) is 27.5. The number of hydrogen-bond acceptors (Lipinski definition) is 8. The van der Waals surface area contributed by atoms with Gasteiger partial charge < -0.3 is 21.3 Å². The molecule has 0 aliphatic carbocycles. The number of carbonyl (C=O) groups excluding carboxylic acids is 3. The monoisotopic (exact) mass is 835 g/mol. The summed E-state index contributed by atoms with van der Waals surface area (Å²) in [7, 11) is 0. The molecule has 3 aromatic carbocycles. The highest BCUT2D eigenvalue weighted by atomic mass is 32.1. The number of amides is 3. The van der Waals surface area contributed by atoms with E-state index in [0.717, 1.165) is 77.3 Å². The van der Waals surface area contributed by atoms with Gasteiger partial charge in [-0.2, -0.15) is 18.4 Å². The lowest BCUT2D eigenvalue weighted by Crippen LogP contribution is -2.44. The number of unbranched alkanes of at least 4 members (excludes halogenated alkanes) is 6. The van der Waals surface area contributed by atoms with Crippen LogP contribution in [0.25, 0.3) is 10.4 Å². The molecule has 2 heterocycles. The Labute approximate surface area is 344 Å². The van der Waals surface area contributed by atoms with Crippen molar-refractivity contribution in [2.45, 2.75) is 89.9 Å². The van der Waals surface area contributed by atoms with Crippen LogP contribution in [0.2, 0.25) is 0 Å². The molecule has 4 N–H and O–H groups in total. The largest absolute Gasteiger partial charge is 0.417 e. The minimum atomic E-state index is -4.85. The molecular weight excluding hydrogens is 791 g/mol. The minimum absolute atomic E-state index is 0.0788. The Bertz CT molecular complexity index is 2180. The molecular formula is C42H45F4N7O3S2. The molecule has 1 aliphatic rings. The number of carbonyl (C=O) groups is 3. The van der Waals surface area contributed by atoms with Crippen LogP contribution in [-0.2, 0) is 15.8 Å². The van der Waals surface area contributed by atoms with E-state index in [1.807, 2.05) is 36.7 Å². The number of hydrogen-bond donors (Lipinski definition) is 3. The van der Waals surface area contributed by atoms with Gasteiger partial charge in [0.15, 0.2) is 5.11 Å². The van der Waals surface area contributed by atoms with Gasteiger partial charge in [-0.25, -0.2) is 9.37 Å². The van der Waals surface area contributed by atoms with Gasteiger partial charge in [-0.3, -0.25) is 19.3 Å². The normalized spacial score (nSPS) is 14.4. The SMILES string of the molecule is Cc1ncsc1-c1ccc([C@@H](N)CC(=O)NCCCCCCCCCNC(=O)c2ccc(N3C(=S)N(c4ccc(C#N)c(C(F)(F)F)c4)C(=O)C3(C)C)cc2F)cc1. The number of nitrogens with zero attached hydrogens (tertiary/aromatic N) is 4. The summed E-state index contributed by atoms with van der Waals surface area (Å²) in [6.45, 7) is 5.91. The number of aryl methyl sites for hydroxylation is 1. The Morgan fingerprint density at radius 2 is 1.57 bits per heavy atom. The Hall–Kier alpha value is -5.24. The fourth-order valence-electron chi connectivity index (χ4n) is 6.80. The average molecular weight is 836 g/mol. The molecule has 0 radical (unpaired) electrons. The summed E-state index contributed by atoms with van der Waals surface area (Å²) in [6, 6.07) is 15.7. The Balaban J connectivity index is 0.986. The maximum Gasteiger partial charge on any atom is 0.417 e. The van der Waals surface area contributed by atoms with Crippen molar-refractivity contribution < 1.29 is 31.9 Å². The molecule has 3 amide bonds. The Morgan fingerprint density at radius 3 is 2.16 bits per heavy atom. The molecule has 1 fully saturated rings. The third kappa shape index (κ3) is 10.2. The molecule has 16 heteroatoms. The second-order valence-corrected chi connectivity index (χ2v) is 15.8. The Kier molecular flexibility index (Phi) is 14.4. The van der Waals surface area contributed by atoms with Gasteiger partial charge in [0.2, 0.25) is 5.91 Å². The molecule has 1 atom stereocenters. The summed E-state index contributed by atoms with van der Waals surface area (Å²) in [5.41, 5.74) is 7.59. The van der Waals surface area contributed by atoms with Crippen LogP contribution in [0, 0.1) is 24.1 Å². The van der Waals surface area contributed by atoms with Crippen LogP contribution in [0.4, 0.5) is 28.9 Å². The van der Waals surface area contributed by atoms with Crippen LogP contribution in [0.3, 0.4) is 0 Å². The van der Waals surface area contributed by atoms with E-state index in [2.05, 4.69) is 15.6 Å². The third-order valence-corrected chi connectivity index (χ3v) is 11.4. The van der Waals surface area contributed by atoms with Gasteiger partial charge in [0.05, 0.1) is 44.5 Å². The first-order valence-corrected chi connectivity index (χ1v) is 20.2. The molecule has 4 aromatic rings. The fraction of sp³-hybridized carbons (Fsp3) is 0.381. The first-order valence-electron chi connectivity index (χ1n) is 18.9. The summed E-state index contributed by atoms with van der Waals surface area (Å²) in [5.74, 6) is -2.20. The summed E-state index contributed by atoms with van der Waals surface area (Å²) < 4.78 is 56.3. The molecule has 58 heavy (non-hydrogen) atoms. The van der Waals surface area contributed by atoms with Crippen LogP contribution < -0.4 is 26.2 Å². The van der Waals surface area contributed by atoms with Crippen molar-refractivity contribution in [1.29, 1.82) is 5.26 Å². The van der Waals surface area contributed by atoms with E-state index in [-0.39, 0.29) is 40.4 Å². The predicted molar refractivity (Wildman–Crippen MR) is 221 cm³/mol. The summed E-state index contributed by atoms with van der Waals surface area (Å²) in [5, 5.41) is 14.7. The molecule has 1 aromatic heterocycles. The smallest absolute Gasteiger partial charge is 0.356 e. The summed E-state index contributed by atoms with van der Waals surface area (Å²) in [6.07, 6.45) is 1.74. The van der Waals surface area contributed by atoms with Crippen LogP contribution in [-0.4, -0.2) is 46.4 Å². The minimum Gasteiger partial charge on any atom is -0.356 e. The maximum atomic E-state index is 15.3. The standard InChI is InChI=1S/C42H45F4N7O3S2/c1-26-37(58-25-51-26)28-13-11-27(12-14-28)35(48)23-36(54)49-19-9-7-5-4-6-8-10-20-50-38(55)32-18-17-31(22-34(32)43)53-40(57)52(39(56)41(53,2)3)30-16-15-29(24-47)33(21-30)42(44,45)46/h11-18,21-22,25,35H,4-10,19-20,23,48H2,1-3H3,(H,49,54)(H,50,55)/t35-/m0/s1. The molecule has 306 valence electrons. The van der Waals surface area contributed by atoms with Crippen LogP contribution in [0.15, 0.2) is 66.2 Å². The Morgan fingerprint density at radius 1 is 0.948 bits per heavy atom. The van der Waals surface area contributed by atoms with Crippen LogP contribution in [0.5, 0.6) is 0 Å². The number of nitriles is 1. The zero-order valence-corrected chi connectivity index (χ0v) is 34.1. The van der Waals surface area contributed by atoms with E-state index >= 15 is 4.39 Å². The molecule has 0 saturated carbocycles. The predicted octanol–water partition coefficient (Wildman–Crippen LogP) is 8.73. The lowest BCUT2D eigenvalue weighted by atomic mass is 10.0. The number of anilines is 2. The van der Waals surface area contributed by atoms with E-state index in [0.29, 0.717) is 25.6 Å². The van der Waals surface area contributed by atoms with Gasteiger partial charge in [0.1, 0.15) is 11.4 Å². The molecule has 0 bridgehead atoms. The molecule has 5 rings (SSSR count). The van der Waals surface area contributed by atoms with Crippen molar-refractivity contribution in [3.63, 3.8) is 0 Å². The topological polar surface area (TPSA) is 144 Å². The average Bonchev–Trinajstić information content (AvgIpc) is 3.68. The van der Waals surface area contributed by atoms with E-state index in [1.165, 1.54) is 43.0 Å². The lowest BCUT2D eigenvalue weighted by Gasteiger charge is -2.29. The number of aromatic nitrogens is 1. The number of thiazole rings is 1. The zero-order valence-electron chi connectivity index (χ0n) is 32.4. The molecule has 0 unspecified atom stereocenters. The van der Waals surface area contributed by atoms with Crippen molar-refractivity contribution in [2.75, 3.05) is 22.9 Å². The fourth-order valence-corrected chi connectivity index (χ4v) is 8.13. The lowest BCUT2D eigenvalue weighted by molar-refractivity contribution is -0.137. The molecule has 1 saturated heterocycles.